The van der Waals surface area contributed by atoms with E-state index in [0.717, 1.165) is 42.7 Å². The van der Waals surface area contributed by atoms with E-state index in [2.05, 4.69) is 24.1 Å². The van der Waals surface area contributed by atoms with Crippen molar-refractivity contribution >= 4 is 11.6 Å². The van der Waals surface area contributed by atoms with E-state index in [1.54, 1.807) is 12.1 Å². The van der Waals surface area contributed by atoms with Crippen LogP contribution in [0.15, 0.2) is 48.5 Å². The second-order valence-electron chi connectivity index (χ2n) is 6.30. The lowest BCUT2D eigenvalue weighted by Gasteiger charge is -2.32. The fourth-order valence-corrected chi connectivity index (χ4v) is 3.19. The largest absolute Gasteiger partial charge is 0.326 e. The first-order valence-electron chi connectivity index (χ1n) is 8.92. The van der Waals surface area contributed by atoms with Crippen molar-refractivity contribution < 1.29 is 9.18 Å². The number of anilines is 1. The third-order valence-electron chi connectivity index (χ3n) is 4.10. The number of amides is 1. The highest BCUT2D eigenvalue weighted by atomic mass is 19.1. The first kappa shape index (κ1) is 19.1. The number of halogens is 1. The smallest absolute Gasteiger partial charge is 0.221 e. The number of rotatable bonds is 8. The molecule has 0 aliphatic heterocycles. The van der Waals surface area contributed by atoms with Gasteiger partial charge in [-0.25, -0.2) is 4.39 Å². The molecular formula is C21H27FN2O. The molecule has 0 radical (unpaired) electrons. The summed E-state index contributed by atoms with van der Waals surface area (Å²) in [5.74, 6) is -0.307. The van der Waals surface area contributed by atoms with E-state index in [9.17, 15) is 9.18 Å². The van der Waals surface area contributed by atoms with Crippen molar-refractivity contribution in [1.82, 2.24) is 4.90 Å². The van der Waals surface area contributed by atoms with Gasteiger partial charge >= 0.3 is 0 Å². The van der Waals surface area contributed by atoms with Gasteiger partial charge in [-0.2, -0.15) is 0 Å². The van der Waals surface area contributed by atoms with Gasteiger partial charge in [-0.1, -0.05) is 38.1 Å². The summed E-state index contributed by atoms with van der Waals surface area (Å²) in [6.07, 6.45) is 2.07. The predicted molar refractivity (Wildman–Crippen MR) is 101 cm³/mol. The molecule has 0 aliphatic rings. The number of carbonyl (C=O) groups excluding carboxylic acids is 1. The Morgan fingerprint density at radius 2 is 1.68 bits per heavy atom. The lowest BCUT2D eigenvalue weighted by atomic mass is 9.96. The standard InChI is InChI=1S/C21H27FN2O/c1-4-13-24(14-5-2)21(18-7-6-8-19(22)15-18)17-9-11-20(12-10-17)23-16(3)25/h6-12,15,21H,4-5,13-14H2,1-3H3,(H,23,25). The first-order chi connectivity index (χ1) is 12.0. The molecule has 0 saturated heterocycles. The van der Waals surface area contributed by atoms with Gasteiger partial charge in [0, 0.05) is 12.6 Å². The number of hydrogen-bond donors (Lipinski definition) is 1. The monoisotopic (exact) mass is 342 g/mol. The molecule has 25 heavy (non-hydrogen) atoms. The fraction of sp³-hybridized carbons (Fsp3) is 0.381. The number of benzene rings is 2. The maximum atomic E-state index is 13.8. The number of nitrogens with zero attached hydrogens (tertiary/aromatic N) is 1. The SMILES string of the molecule is CCCN(CCC)C(c1ccc(NC(C)=O)cc1)c1cccc(F)c1. The summed E-state index contributed by atoms with van der Waals surface area (Å²) in [5, 5.41) is 2.79. The average Bonchev–Trinajstić information content (AvgIpc) is 2.57. The van der Waals surface area contributed by atoms with E-state index in [1.165, 1.54) is 13.0 Å². The quantitative estimate of drug-likeness (QED) is 0.732. The normalized spacial score (nSPS) is 12.2. The number of hydrogen-bond acceptors (Lipinski definition) is 2. The van der Waals surface area contributed by atoms with Crippen molar-refractivity contribution in [3.05, 3.63) is 65.5 Å². The number of nitrogens with one attached hydrogen (secondary N) is 1. The molecule has 2 aromatic rings. The van der Waals surface area contributed by atoms with Crippen molar-refractivity contribution in [2.75, 3.05) is 18.4 Å². The molecule has 0 spiro atoms. The Morgan fingerprint density at radius 1 is 1.04 bits per heavy atom. The van der Waals surface area contributed by atoms with Gasteiger partial charge in [-0.05, 0) is 61.3 Å². The summed E-state index contributed by atoms with van der Waals surface area (Å²) >= 11 is 0. The van der Waals surface area contributed by atoms with Crippen LogP contribution in [0.2, 0.25) is 0 Å². The molecule has 1 amide bonds. The van der Waals surface area contributed by atoms with E-state index in [4.69, 9.17) is 0 Å². The molecule has 1 atom stereocenters. The van der Waals surface area contributed by atoms with Gasteiger partial charge in [0.15, 0.2) is 0 Å². The molecule has 2 rings (SSSR count). The van der Waals surface area contributed by atoms with Crippen LogP contribution in [0, 0.1) is 5.82 Å². The minimum absolute atomic E-state index is 0.00183. The Kier molecular flexibility index (Phi) is 7.14. The van der Waals surface area contributed by atoms with Gasteiger partial charge < -0.3 is 5.32 Å². The Bertz CT molecular complexity index is 679. The highest BCUT2D eigenvalue weighted by molar-refractivity contribution is 5.88. The first-order valence-corrected chi connectivity index (χ1v) is 8.92. The van der Waals surface area contributed by atoms with Gasteiger partial charge in [0.1, 0.15) is 5.82 Å². The van der Waals surface area contributed by atoms with Crippen LogP contribution in [0.3, 0.4) is 0 Å². The zero-order valence-electron chi connectivity index (χ0n) is 15.3. The van der Waals surface area contributed by atoms with E-state index < -0.39 is 0 Å². The van der Waals surface area contributed by atoms with Crippen LogP contribution in [0.1, 0.15) is 50.8 Å². The van der Waals surface area contributed by atoms with E-state index in [0.29, 0.717) is 0 Å². The van der Waals surface area contributed by atoms with Crippen LogP contribution < -0.4 is 5.32 Å². The summed E-state index contributed by atoms with van der Waals surface area (Å²) in [7, 11) is 0. The molecule has 0 fully saturated rings. The van der Waals surface area contributed by atoms with Crippen LogP contribution in [0.25, 0.3) is 0 Å². The van der Waals surface area contributed by atoms with Crippen molar-refractivity contribution in [2.45, 2.75) is 39.7 Å². The molecule has 0 saturated carbocycles. The highest BCUT2D eigenvalue weighted by Gasteiger charge is 2.21. The van der Waals surface area contributed by atoms with Crippen LogP contribution in [0.4, 0.5) is 10.1 Å². The molecule has 1 N–H and O–H groups in total. The maximum absolute atomic E-state index is 13.8. The Morgan fingerprint density at radius 3 is 2.20 bits per heavy atom. The zero-order valence-corrected chi connectivity index (χ0v) is 15.3. The molecule has 134 valence electrons. The Balaban J connectivity index is 2.41. The molecule has 0 bridgehead atoms. The Hall–Kier alpha value is -2.20. The highest BCUT2D eigenvalue weighted by Crippen LogP contribution is 2.30. The summed E-state index contributed by atoms with van der Waals surface area (Å²) in [5.41, 5.74) is 2.82. The predicted octanol–water partition coefficient (Wildman–Crippen LogP) is 5.00. The van der Waals surface area contributed by atoms with E-state index in [1.807, 2.05) is 30.3 Å². The third-order valence-corrected chi connectivity index (χ3v) is 4.10. The van der Waals surface area contributed by atoms with E-state index >= 15 is 0 Å². The van der Waals surface area contributed by atoms with Crippen molar-refractivity contribution in [2.24, 2.45) is 0 Å². The van der Waals surface area contributed by atoms with Gasteiger partial charge in [0.05, 0.1) is 6.04 Å². The second kappa shape index (κ2) is 9.33. The number of carbonyl (C=O) groups is 1. The maximum Gasteiger partial charge on any atom is 0.221 e. The molecule has 0 aromatic heterocycles. The molecular weight excluding hydrogens is 315 g/mol. The lowest BCUT2D eigenvalue weighted by molar-refractivity contribution is -0.114. The van der Waals surface area contributed by atoms with Gasteiger partial charge in [-0.15, -0.1) is 0 Å². The van der Waals surface area contributed by atoms with Gasteiger partial charge in [0.2, 0.25) is 5.91 Å². The van der Waals surface area contributed by atoms with Gasteiger partial charge in [0.25, 0.3) is 0 Å². The second-order valence-corrected chi connectivity index (χ2v) is 6.30. The summed E-state index contributed by atoms with van der Waals surface area (Å²) < 4.78 is 13.8. The topological polar surface area (TPSA) is 32.3 Å². The lowest BCUT2D eigenvalue weighted by Crippen LogP contribution is -2.31. The molecule has 2 aromatic carbocycles. The molecule has 0 aliphatic carbocycles. The van der Waals surface area contributed by atoms with Crippen LogP contribution >= 0.6 is 0 Å². The third kappa shape index (κ3) is 5.40. The minimum atomic E-state index is -0.217. The van der Waals surface area contributed by atoms with Crippen LogP contribution in [0.5, 0.6) is 0 Å². The summed E-state index contributed by atoms with van der Waals surface area (Å²) in [4.78, 5) is 13.6. The molecule has 1 unspecified atom stereocenters. The van der Waals surface area contributed by atoms with Gasteiger partial charge in [-0.3, -0.25) is 9.69 Å². The molecule has 0 heterocycles. The minimum Gasteiger partial charge on any atom is -0.326 e. The summed E-state index contributed by atoms with van der Waals surface area (Å²) in [6.45, 7) is 7.70. The average molecular weight is 342 g/mol. The fourth-order valence-electron chi connectivity index (χ4n) is 3.19. The Labute approximate surface area is 149 Å². The van der Waals surface area contributed by atoms with Crippen molar-refractivity contribution in [3.63, 3.8) is 0 Å². The van der Waals surface area contributed by atoms with Crippen LogP contribution in [-0.4, -0.2) is 23.9 Å². The zero-order chi connectivity index (χ0) is 18.2. The molecule has 3 nitrogen and oxygen atoms in total. The van der Waals surface area contributed by atoms with Crippen LogP contribution in [-0.2, 0) is 4.79 Å². The van der Waals surface area contributed by atoms with Crippen molar-refractivity contribution in [3.8, 4) is 0 Å². The van der Waals surface area contributed by atoms with E-state index in [-0.39, 0.29) is 17.8 Å². The molecule has 4 heteroatoms. The summed E-state index contributed by atoms with van der Waals surface area (Å²) in [6, 6.07) is 14.7. The van der Waals surface area contributed by atoms with Crippen molar-refractivity contribution in [1.29, 1.82) is 0 Å².